The van der Waals surface area contributed by atoms with Crippen LogP contribution < -0.4 is 10.9 Å². The van der Waals surface area contributed by atoms with E-state index >= 15 is 0 Å². The van der Waals surface area contributed by atoms with Gasteiger partial charge in [-0.05, 0) is 57.6 Å². The fourth-order valence-corrected chi connectivity index (χ4v) is 3.19. The van der Waals surface area contributed by atoms with Crippen molar-refractivity contribution < 1.29 is 18.0 Å². The van der Waals surface area contributed by atoms with Gasteiger partial charge in [0.15, 0.2) is 0 Å². The third kappa shape index (κ3) is 5.93. The molecule has 1 unspecified atom stereocenters. The van der Waals surface area contributed by atoms with Gasteiger partial charge in [0.25, 0.3) is 11.5 Å². The molecule has 2 rings (SSSR count). The Morgan fingerprint density at radius 2 is 1.93 bits per heavy atom. The molecule has 0 aliphatic heterocycles. The Labute approximate surface area is 168 Å². The monoisotopic (exact) mass is 409 g/mol. The van der Waals surface area contributed by atoms with E-state index in [2.05, 4.69) is 5.32 Å². The highest BCUT2D eigenvalue weighted by Gasteiger charge is 2.30. The van der Waals surface area contributed by atoms with Crippen LogP contribution in [0.15, 0.2) is 41.3 Å². The summed E-state index contributed by atoms with van der Waals surface area (Å²) in [5.41, 5.74) is -0.0298. The number of alkyl halides is 3. The number of pyridine rings is 1. The van der Waals surface area contributed by atoms with Crippen LogP contribution in [0.25, 0.3) is 0 Å². The molecule has 29 heavy (non-hydrogen) atoms. The molecule has 0 fully saturated rings. The quantitative estimate of drug-likeness (QED) is 0.764. The maximum atomic E-state index is 12.8. The first-order valence-electron chi connectivity index (χ1n) is 9.31. The lowest BCUT2D eigenvalue weighted by molar-refractivity contribution is -0.137. The molecule has 1 aromatic heterocycles. The molecule has 1 aromatic carbocycles. The Morgan fingerprint density at radius 3 is 2.55 bits per heavy atom. The largest absolute Gasteiger partial charge is 0.416 e. The lowest BCUT2D eigenvalue weighted by Gasteiger charge is -2.20. The minimum Gasteiger partial charge on any atom is -0.352 e. The van der Waals surface area contributed by atoms with Crippen molar-refractivity contribution in [2.75, 3.05) is 27.2 Å². The predicted octanol–water partition coefficient (Wildman–Crippen LogP) is 3.27. The zero-order valence-corrected chi connectivity index (χ0v) is 17.0. The van der Waals surface area contributed by atoms with Gasteiger partial charge in [0, 0.05) is 25.3 Å². The number of likely N-dealkylation sites (N-methyl/N-ethyl adjacent to an activating group) is 1. The van der Waals surface area contributed by atoms with Gasteiger partial charge in [-0.25, -0.2) is 0 Å². The Kier molecular flexibility index (Phi) is 7.24. The molecule has 1 N–H and O–H groups in total. The van der Waals surface area contributed by atoms with Gasteiger partial charge in [0.2, 0.25) is 0 Å². The van der Waals surface area contributed by atoms with Crippen molar-refractivity contribution in [3.05, 3.63) is 69.1 Å². The van der Waals surface area contributed by atoms with Crippen LogP contribution in [0.2, 0.25) is 0 Å². The molecule has 0 aliphatic rings. The molecular formula is C21H26F3N3O2. The summed E-state index contributed by atoms with van der Waals surface area (Å²) in [6.45, 7) is 4.34. The molecule has 0 bridgehead atoms. The van der Waals surface area contributed by atoms with Gasteiger partial charge in [-0.3, -0.25) is 9.59 Å². The molecule has 8 heteroatoms. The Hall–Kier alpha value is -2.61. The highest BCUT2D eigenvalue weighted by Crippen LogP contribution is 2.29. The van der Waals surface area contributed by atoms with Gasteiger partial charge in [0.1, 0.15) is 5.56 Å². The highest BCUT2D eigenvalue weighted by atomic mass is 19.4. The summed E-state index contributed by atoms with van der Waals surface area (Å²) in [6, 6.07) is 6.59. The van der Waals surface area contributed by atoms with Crippen LogP contribution >= 0.6 is 0 Å². The van der Waals surface area contributed by atoms with Gasteiger partial charge in [-0.1, -0.05) is 18.2 Å². The van der Waals surface area contributed by atoms with E-state index < -0.39 is 17.6 Å². The van der Waals surface area contributed by atoms with Gasteiger partial charge >= 0.3 is 6.18 Å². The van der Waals surface area contributed by atoms with Crippen LogP contribution in [0.4, 0.5) is 13.2 Å². The first-order chi connectivity index (χ1) is 13.5. The zero-order chi connectivity index (χ0) is 21.8. The third-order valence-corrected chi connectivity index (χ3v) is 4.61. The lowest BCUT2D eigenvalue weighted by atomic mass is 10.1. The number of hydrogen-bond donors (Lipinski definition) is 1. The molecule has 5 nitrogen and oxygen atoms in total. The summed E-state index contributed by atoms with van der Waals surface area (Å²) in [5.74, 6) is -0.522. The fraction of sp³-hybridized carbons (Fsp3) is 0.429. The van der Waals surface area contributed by atoms with E-state index in [1.54, 1.807) is 25.3 Å². The number of aryl methyl sites for hydroxylation is 1. The fourth-order valence-electron chi connectivity index (χ4n) is 3.19. The van der Waals surface area contributed by atoms with Crippen molar-refractivity contribution in [2.45, 2.75) is 32.5 Å². The van der Waals surface area contributed by atoms with E-state index in [0.717, 1.165) is 12.1 Å². The second-order valence-electron chi connectivity index (χ2n) is 7.40. The van der Waals surface area contributed by atoms with Crippen molar-refractivity contribution in [3.63, 3.8) is 0 Å². The summed E-state index contributed by atoms with van der Waals surface area (Å²) in [6.07, 6.45) is -2.51. The molecule has 1 atom stereocenters. The first-order valence-corrected chi connectivity index (χ1v) is 9.31. The summed E-state index contributed by atoms with van der Waals surface area (Å²) in [7, 11) is 3.80. The minimum atomic E-state index is -4.41. The maximum absolute atomic E-state index is 12.8. The number of nitrogens with one attached hydrogen (secondary N) is 1. The molecule has 1 amide bonds. The molecule has 0 spiro atoms. The Balaban J connectivity index is 2.11. The van der Waals surface area contributed by atoms with E-state index in [1.165, 1.54) is 10.6 Å². The van der Waals surface area contributed by atoms with Crippen molar-refractivity contribution in [3.8, 4) is 0 Å². The van der Waals surface area contributed by atoms with Crippen LogP contribution in [0.3, 0.4) is 0 Å². The molecule has 0 aliphatic carbocycles. The average molecular weight is 409 g/mol. The molecule has 1 heterocycles. The van der Waals surface area contributed by atoms with E-state index in [1.807, 2.05) is 25.9 Å². The topological polar surface area (TPSA) is 54.3 Å². The van der Waals surface area contributed by atoms with E-state index in [-0.39, 0.29) is 30.1 Å². The van der Waals surface area contributed by atoms with Crippen LogP contribution in [-0.4, -0.2) is 42.6 Å². The van der Waals surface area contributed by atoms with Crippen molar-refractivity contribution >= 4 is 5.91 Å². The average Bonchev–Trinajstić information content (AvgIpc) is 2.60. The zero-order valence-electron chi connectivity index (χ0n) is 17.0. The predicted molar refractivity (Wildman–Crippen MR) is 106 cm³/mol. The van der Waals surface area contributed by atoms with Crippen LogP contribution in [-0.2, 0) is 12.6 Å². The number of amides is 1. The SMILES string of the molecule is Cc1ccn(C(C)CN(C)C)c(=O)c1C(=O)NCCc1cccc(C(F)(F)F)c1. The minimum absolute atomic E-state index is 0.0575. The van der Waals surface area contributed by atoms with Crippen molar-refractivity contribution in [1.82, 2.24) is 14.8 Å². The number of benzene rings is 1. The maximum Gasteiger partial charge on any atom is 0.416 e. The molecule has 158 valence electrons. The summed E-state index contributed by atoms with van der Waals surface area (Å²) in [5, 5.41) is 2.65. The first kappa shape index (κ1) is 22.7. The molecule has 0 saturated carbocycles. The number of aromatic nitrogens is 1. The third-order valence-electron chi connectivity index (χ3n) is 4.61. The van der Waals surface area contributed by atoms with E-state index in [9.17, 15) is 22.8 Å². The normalized spacial score (nSPS) is 12.8. The molecular weight excluding hydrogens is 383 g/mol. The van der Waals surface area contributed by atoms with Crippen LogP contribution in [0, 0.1) is 6.92 Å². The number of hydrogen-bond acceptors (Lipinski definition) is 3. The number of rotatable bonds is 7. The molecule has 2 aromatic rings. The summed E-state index contributed by atoms with van der Waals surface area (Å²) < 4.78 is 39.9. The van der Waals surface area contributed by atoms with Crippen molar-refractivity contribution in [1.29, 1.82) is 0 Å². The Bertz CT molecular complexity index is 920. The highest BCUT2D eigenvalue weighted by molar-refractivity contribution is 5.95. The summed E-state index contributed by atoms with van der Waals surface area (Å²) >= 11 is 0. The smallest absolute Gasteiger partial charge is 0.352 e. The second-order valence-corrected chi connectivity index (χ2v) is 7.40. The number of nitrogens with zero attached hydrogens (tertiary/aromatic N) is 2. The number of carbonyl (C=O) groups is 1. The molecule has 0 saturated heterocycles. The van der Waals surface area contributed by atoms with Gasteiger partial charge in [-0.15, -0.1) is 0 Å². The second kappa shape index (κ2) is 9.26. The van der Waals surface area contributed by atoms with E-state index in [0.29, 0.717) is 17.7 Å². The van der Waals surface area contributed by atoms with Gasteiger partial charge in [-0.2, -0.15) is 13.2 Å². The van der Waals surface area contributed by atoms with Crippen LogP contribution in [0.1, 0.15) is 40.0 Å². The van der Waals surface area contributed by atoms with E-state index in [4.69, 9.17) is 0 Å². The van der Waals surface area contributed by atoms with Gasteiger partial charge < -0.3 is 14.8 Å². The van der Waals surface area contributed by atoms with Crippen molar-refractivity contribution in [2.24, 2.45) is 0 Å². The summed E-state index contributed by atoms with van der Waals surface area (Å²) in [4.78, 5) is 27.3. The van der Waals surface area contributed by atoms with Gasteiger partial charge in [0.05, 0.1) is 5.56 Å². The van der Waals surface area contributed by atoms with Crippen LogP contribution in [0.5, 0.6) is 0 Å². The Morgan fingerprint density at radius 1 is 1.24 bits per heavy atom. The molecule has 0 radical (unpaired) electrons. The lowest BCUT2D eigenvalue weighted by Crippen LogP contribution is -2.37. The standard InChI is InChI=1S/C21H26F3N3O2/c1-14-9-11-27(15(2)13-26(3)4)20(29)18(14)19(28)25-10-8-16-6-5-7-17(12-16)21(22,23)24/h5-7,9,11-12,15H,8,10,13H2,1-4H3,(H,25,28). The number of halogens is 3. The number of carbonyl (C=O) groups excluding carboxylic acids is 1.